The molecule has 0 saturated carbocycles. The van der Waals surface area contributed by atoms with Crippen LogP contribution < -0.4 is 0 Å². The van der Waals surface area contributed by atoms with Crippen LogP contribution in [0.5, 0.6) is 0 Å². The summed E-state index contributed by atoms with van der Waals surface area (Å²) < 4.78 is 10.0. The molecule has 0 unspecified atom stereocenters. The van der Waals surface area contributed by atoms with Crippen molar-refractivity contribution >= 4 is 46.4 Å². The molecule has 0 N–H and O–H groups in total. The summed E-state index contributed by atoms with van der Waals surface area (Å²) >= 11 is 13.4. The fourth-order valence-electron chi connectivity index (χ4n) is 2.33. The second-order valence-corrected chi connectivity index (χ2v) is 7.33. The summed E-state index contributed by atoms with van der Waals surface area (Å²) in [6.07, 6.45) is 0.656. The number of hydrogen-bond acceptors (Lipinski definition) is 6. The van der Waals surface area contributed by atoms with Gasteiger partial charge in [-0.1, -0.05) is 23.2 Å². The first-order chi connectivity index (χ1) is 13.0. The topological polar surface area (TPSA) is 68.7 Å². The molecule has 1 aromatic heterocycles. The van der Waals surface area contributed by atoms with Crippen LogP contribution in [0.25, 0.3) is 0 Å². The first-order valence-electron chi connectivity index (χ1n) is 8.31. The van der Waals surface area contributed by atoms with Crippen molar-refractivity contribution in [2.45, 2.75) is 19.9 Å². The van der Waals surface area contributed by atoms with Crippen LogP contribution in [0, 0.1) is 0 Å². The van der Waals surface area contributed by atoms with E-state index < -0.39 is 5.97 Å². The molecule has 0 saturated heterocycles. The van der Waals surface area contributed by atoms with Gasteiger partial charge in [0.25, 0.3) is 5.91 Å². The number of carbonyl (C=O) groups is 2. The van der Waals surface area contributed by atoms with Crippen molar-refractivity contribution in [2.24, 2.45) is 0 Å². The Morgan fingerprint density at radius 1 is 1.30 bits per heavy atom. The Bertz CT molecular complexity index is 797. The lowest BCUT2D eigenvalue weighted by molar-refractivity contribution is 0.0520. The highest BCUT2D eigenvalue weighted by Crippen LogP contribution is 2.23. The summed E-state index contributed by atoms with van der Waals surface area (Å²) in [5.41, 5.74) is 0.603. The van der Waals surface area contributed by atoms with Crippen molar-refractivity contribution in [1.29, 1.82) is 0 Å². The van der Waals surface area contributed by atoms with Crippen molar-refractivity contribution in [2.75, 3.05) is 26.9 Å². The molecule has 1 aromatic carbocycles. The molecule has 0 spiro atoms. The monoisotopic (exact) mass is 430 g/mol. The molecule has 9 heteroatoms. The van der Waals surface area contributed by atoms with Gasteiger partial charge in [0.15, 0.2) is 5.69 Å². The van der Waals surface area contributed by atoms with E-state index in [0.29, 0.717) is 35.2 Å². The average Bonchev–Trinajstić information content (AvgIpc) is 3.09. The molecule has 0 aliphatic heterocycles. The van der Waals surface area contributed by atoms with E-state index >= 15 is 0 Å². The third-order valence-corrected chi connectivity index (χ3v) is 4.97. The molecule has 1 amide bonds. The molecule has 2 aromatic rings. The first-order valence-corrected chi connectivity index (χ1v) is 9.94. The number of thiazole rings is 1. The highest BCUT2D eigenvalue weighted by Gasteiger charge is 2.21. The molecular weight excluding hydrogens is 411 g/mol. The predicted molar refractivity (Wildman–Crippen MR) is 106 cm³/mol. The number of carbonyl (C=O) groups excluding carboxylic acids is 2. The summed E-state index contributed by atoms with van der Waals surface area (Å²) in [4.78, 5) is 30.6. The van der Waals surface area contributed by atoms with Crippen LogP contribution >= 0.6 is 34.5 Å². The van der Waals surface area contributed by atoms with Gasteiger partial charge < -0.3 is 14.4 Å². The van der Waals surface area contributed by atoms with E-state index in [9.17, 15) is 9.59 Å². The molecule has 27 heavy (non-hydrogen) atoms. The van der Waals surface area contributed by atoms with E-state index in [1.807, 2.05) is 0 Å². The Labute approximate surface area is 172 Å². The van der Waals surface area contributed by atoms with Crippen LogP contribution in [0.4, 0.5) is 0 Å². The number of rotatable bonds is 9. The fourth-order valence-corrected chi connectivity index (χ4v) is 3.60. The molecule has 6 nitrogen and oxygen atoms in total. The largest absolute Gasteiger partial charge is 0.461 e. The molecule has 2 rings (SSSR count). The summed E-state index contributed by atoms with van der Waals surface area (Å²) in [6.45, 7) is 3.25. The number of amides is 1. The zero-order valence-corrected chi connectivity index (χ0v) is 17.4. The van der Waals surface area contributed by atoms with Gasteiger partial charge >= 0.3 is 5.97 Å². The zero-order chi connectivity index (χ0) is 19.8. The lowest BCUT2D eigenvalue weighted by atomic mass is 10.2. The first kappa shape index (κ1) is 21.6. The molecule has 0 aliphatic carbocycles. The van der Waals surface area contributed by atoms with Gasteiger partial charge in [0.1, 0.15) is 5.01 Å². The average molecular weight is 431 g/mol. The van der Waals surface area contributed by atoms with Gasteiger partial charge in [-0.3, -0.25) is 4.79 Å². The predicted octanol–water partition coefficient (Wildman–Crippen LogP) is 4.31. The third-order valence-electron chi connectivity index (χ3n) is 3.59. The Kier molecular flexibility index (Phi) is 8.50. The third kappa shape index (κ3) is 6.17. The Morgan fingerprint density at radius 2 is 2.07 bits per heavy atom. The minimum atomic E-state index is -0.474. The smallest absolute Gasteiger partial charge is 0.357 e. The molecule has 0 aliphatic rings. The van der Waals surface area contributed by atoms with Crippen LogP contribution in [0.2, 0.25) is 10.0 Å². The molecule has 0 bridgehead atoms. The Hall–Kier alpha value is -1.67. The second kappa shape index (κ2) is 10.6. The number of nitrogens with zero attached hydrogens (tertiary/aromatic N) is 2. The number of methoxy groups -OCH3 is 1. The van der Waals surface area contributed by atoms with E-state index in [0.717, 1.165) is 0 Å². The highest BCUT2D eigenvalue weighted by atomic mass is 35.5. The molecule has 146 valence electrons. The van der Waals surface area contributed by atoms with Gasteiger partial charge in [-0.25, -0.2) is 9.78 Å². The van der Waals surface area contributed by atoms with Gasteiger partial charge in [0.05, 0.1) is 23.7 Å². The van der Waals surface area contributed by atoms with E-state index in [2.05, 4.69) is 4.98 Å². The zero-order valence-electron chi connectivity index (χ0n) is 15.0. The van der Waals surface area contributed by atoms with Crippen molar-refractivity contribution in [3.8, 4) is 0 Å². The van der Waals surface area contributed by atoms with Crippen LogP contribution in [0.15, 0.2) is 23.6 Å². The second-order valence-electron chi connectivity index (χ2n) is 5.54. The normalized spacial score (nSPS) is 10.7. The van der Waals surface area contributed by atoms with Crippen molar-refractivity contribution in [3.63, 3.8) is 0 Å². The Morgan fingerprint density at radius 3 is 2.74 bits per heavy atom. The van der Waals surface area contributed by atoms with E-state index in [1.54, 1.807) is 36.4 Å². The van der Waals surface area contributed by atoms with E-state index in [1.165, 1.54) is 17.4 Å². The minimum Gasteiger partial charge on any atom is -0.461 e. The van der Waals surface area contributed by atoms with Crippen molar-refractivity contribution in [1.82, 2.24) is 9.88 Å². The van der Waals surface area contributed by atoms with Gasteiger partial charge in [0.2, 0.25) is 0 Å². The molecule has 0 radical (unpaired) electrons. The number of hydrogen-bond donors (Lipinski definition) is 0. The molecule has 0 atom stereocenters. The lowest BCUT2D eigenvalue weighted by Gasteiger charge is -2.22. The van der Waals surface area contributed by atoms with Gasteiger partial charge in [-0.2, -0.15) is 0 Å². The standard InChI is InChI=1S/C18H20Cl2N2O4S/c1-3-26-18(24)15-11-27-16(21-15)10-22(7-4-8-25-2)17(23)13-6-5-12(19)9-14(13)20/h5-6,9,11H,3-4,7-8,10H2,1-2H3. The van der Waals surface area contributed by atoms with Gasteiger partial charge in [0, 0.05) is 30.7 Å². The van der Waals surface area contributed by atoms with Crippen LogP contribution in [0.3, 0.4) is 0 Å². The maximum Gasteiger partial charge on any atom is 0.357 e. The SMILES string of the molecule is CCOC(=O)c1csc(CN(CCCOC)C(=O)c2ccc(Cl)cc2Cl)n1. The van der Waals surface area contributed by atoms with E-state index in [-0.39, 0.29) is 29.8 Å². The number of ether oxygens (including phenoxy) is 2. The fraction of sp³-hybridized carbons (Fsp3) is 0.389. The summed E-state index contributed by atoms with van der Waals surface area (Å²) in [5.74, 6) is -0.710. The lowest BCUT2D eigenvalue weighted by Crippen LogP contribution is -2.32. The quantitative estimate of drug-likeness (QED) is 0.437. The van der Waals surface area contributed by atoms with Crippen LogP contribution in [-0.4, -0.2) is 48.6 Å². The molecule has 0 fully saturated rings. The summed E-state index contributed by atoms with van der Waals surface area (Å²) in [6, 6.07) is 4.75. The maximum atomic E-state index is 13.0. The molecular formula is C18H20Cl2N2O4S. The van der Waals surface area contributed by atoms with Crippen molar-refractivity contribution < 1.29 is 19.1 Å². The van der Waals surface area contributed by atoms with Crippen molar-refractivity contribution in [3.05, 3.63) is 49.9 Å². The van der Waals surface area contributed by atoms with Gasteiger partial charge in [-0.05, 0) is 31.5 Å². The minimum absolute atomic E-state index is 0.236. The number of halogens is 2. The molecule has 1 heterocycles. The highest BCUT2D eigenvalue weighted by molar-refractivity contribution is 7.09. The van der Waals surface area contributed by atoms with Crippen LogP contribution in [-0.2, 0) is 16.0 Å². The number of esters is 1. The number of aromatic nitrogens is 1. The van der Waals surface area contributed by atoms with Gasteiger partial charge in [-0.15, -0.1) is 11.3 Å². The Balaban J connectivity index is 2.18. The maximum absolute atomic E-state index is 13.0. The van der Waals surface area contributed by atoms with E-state index in [4.69, 9.17) is 32.7 Å². The summed E-state index contributed by atoms with van der Waals surface area (Å²) in [5, 5.41) is 3.01. The van der Waals surface area contributed by atoms with Crippen LogP contribution in [0.1, 0.15) is 39.2 Å². The summed E-state index contributed by atoms with van der Waals surface area (Å²) in [7, 11) is 1.61. The number of benzene rings is 1.